The number of carbonyl (C=O) groups excluding carboxylic acids is 3. The van der Waals surface area contributed by atoms with Crippen LogP contribution < -0.4 is 10.6 Å². The molecule has 1 heterocycles. The lowest BCUT2D eigenvalue weighted by Crippen LogP contribution is -2.54. The number of piperidine rings is 1. The molecule has 2 aromatic carbocycles. The van der Waals surface area contributed by atoms with E-state index in [0.29, 0.717) is 37.1 Å². The van der Waals surface area contributed by atoms with Gasteiger partial charge in [0.25, 0.3) is 11.8 Å². The molecule has 2 aliphatic rings. The van der Waals surface area contributed by atoms with E-state index in [1.54, 1.807) is 35.2 Å². The molecule has 7 heteroatoms. The van der Waals surface area contributed by atoms with E-state index in [2.05, 4.69) is 10.6 Å². The minimum absolute atomic E-state index is 0.0806. The fourth-order valence-electron chi connectivity index (χ4n) is 3.97. The third-order valence-corrected chi connectivity index (χ3v) is 5.90. The van der Waals surface area contributed by atoms with E-state index in [1.807, 2.05) is 6.07 Å². The largest absolute Gasteiger partial charge is 0.352 e. The number of nitrogens with one attached hydrogen (secondary N) is 2. The summed E-state index contributed by atoms with van der Waals surface area (Å²) in [5.41, 5.74) is 0.823. The van der Waals surface area contributed by atoms with Gasteiger partial charge in [0.15, 0.2) is 0 Å². The highest BCUT2D eigenvalue weighted by molar-refractivity contribution is 5.98. The molecule has 1 unspecified atom stereocenters. The molecule has 0 bridgehead atoms. The molecule has 2 aromatic rings. The summed E-state index contributed by atoms with van der Waals surface area (Å²) in [5.74, 6) is -1.19. The summed E-state index contributed by atoms with van der Waals surface area (Å²) in [7, 11) is 0. The summed E-state index contributed by atoms with van der Waals surface area (Å²) >= 11 is 0. The van der Waals surface area contributed by atoms with Crippen molar-refractivity contribution in [3.63, 3.8) is 0 Å². The number of hydrogen-bond acceptors (Lipinski definition) is 3. The predicted octanol–water partition coefficient (Wildman–Crippen LogP) is 2.76. The van der Waals surface area contributed by atoms with Crippen LogP contribution in [0.2, 0.25) is 0 Å². The molecule has 1 saturated heterocycles. The van der Waals surface area contributed by atoms with Crippen molar-refractivity contribution in [1.82, 2.24) is 15.5 Å². The van der Waals surface area contributed by atoms with E-state index in [-0.39, 0.29) is 29.7 Å². The highest BCUT2D eigenvalue weighted by Gasteiger charge is 2.36. The second-order valence-electron chi connectivity index (χ2n) is 8.24. The molecular formula is C24H26FN3O3. The monoisotopic (exact) mass is 423 g/mol. The number of halogens is 1. The zero-order valence-electron chi connectivity index (χ0n) is 17.2. The van der Waals surface area contributed by atoms with Crippen LogP contribution in [0, 0.1) is 11.7 Å². The van der Waals surface area contributed by atoms with Crippen LogP contribution in [0.25, 0.3) is 0 Å². The molecule has 4 rings (SSSR count). The third-order valence-electron chi connectivity index (χ3n) is 5.90. The van der Waals surface area contributed by atoms with Crippen molar-refractivity contribution in [2.24, 2.45) is 5.92 Å². The molecule has 1 saturated carbocycles. The minimum atomic E-state index is -0.653. The van der Waals surface area contributed by atoms with E-state index in [4.69, 9.17) is 0 Å². The third kappa shape index (κ3) is 5.29. The van der Waals surface area contributed by atoms with E-state index < -0.39 is 11.9 Å². The smallest absolute Gasteiger partial charge is 0.253 e. The molecule has 0 aromatic heterocycles. The van der Waals surface area contributed by atoms with Crippen LogP contribution in [0.15, 0.2) is 54.6 Å². The molecule has 162 valence electrons. The molecule has 6 nitrogen and oxygen atoms in total. The van der Waals surface area contributed by atoms with Gasteiger partial charge < -0.3 is 15.5 Å². The number of likely N-dealkylation sites (tertiary alicyclic amines) is 1. The van der Waals surface area contributed by atoms with Crippen molar-refractivity contribution in [3.8, 4) is 0 Å². The molecular weight excluding hydrogens is 397 g/mol. The van der Waals surface area contributed by atoms with Crippen molar-refractivity contribution in [2.45, 2.75) is 37.8 Å². The maximum Gasteiger partial charge on any atom is 0.253 e. The Morgan fingerprint density at radius 1 is 0.903 bits per heavy atom. The van der Waals surface area contributed by atoms with Gasteiger partial charge in [0, 0.05) is 30.3 Å². The van der Waals surface area contributed by atoms with E-state index >= 15 is 0 Å². The number of nitrogens with zero attached hydrogens (tertiary/aromatic N) is 1. The van der Waals surface area contributed by atoms with Crippen LogP contribution in [0.1, 0.15) is 46.4 Å². The minimum Gasteiger partial charge on any atom is -0.352 e. The van der Waals surface area contributed by atoms with Crippen molar-refractivity contribution in [1.29, 1.82) is 0 Å². The first-order valence-corrected chi connectivity index (χ1v) is 10.7. The Bertz CT molecular complexity index is 954. The number of carbonyl (C=O) groups is 3. The SMILES string of the molecule is O=C(NC(C(=O)NC1CC1)C1CCN(C(=O)c2cccc(F)c2)CC1)c1ccccc1. The van der Waals surface area contributed by atoms with E-state index in [9.17, 15) is 18.8 Å². The lowest BCUT2D eigenvalue weighted by Gasteiger charge is -2.36. The molecule has 1 aliphatic carbocycles. The molecule has 2 N–H and O–H groups in total. The second kappa shape index (κ2) is 9.29. The van der Waals surface area contributed by atoms with Crippen LogP contribution in [-0.4, -0.2) is 47.8 Å². The van der Waals surface area contributed by atoms with Crippen molar-refractivity contribution in [2.75, 3.05) is 13.1 Å². The Kier molecular flexibility index (Phi) is 6.30. The molecule has 0 spiro atoms. The summed E-state index contributed by atoms with van der Waals surface area (Å²) in [6.45, 7) is 0.906. The van der Waals surface area contributed by atoms with E-state index in [1.165, 1.54) is 18.2 Å². The highest BCUT2D eigenvalue weighted by Crippen LogP contribution is 2.25. The average molecular weight is 423 g/mol. The van der Waals surface area contributed by atoms with E-state index in [0.717, 1.165) is 12.8 Å². The van der Waals surface area contributed by atoms with Crippen LogP contribution in [0.5, 0.6) is 0 Å². The Hall–Kier alpha value is -3.22. The number of rotatable bonds is 6. The van der Waals surface area contributed by atoms with Gasteiger partial charge in [0.2, 0.25) is 5.91 Å². The Morgan fingerprint density at radius 3 is 2.23 bits per heavy atom. The first kappa shape index (κ1) is 21.0. The quantitative estimate of drug-likeness (QED) is 0.750. The van der Waals surface area contributed by atoms with Crippen LogP contribution >= 0.6 is 0 Å². The van der Waals surface area contributed by atoms with Gasteiger partial charge >= 0.3 is 0 Å². The molecule has 3 amide bonds. The lowest BCUT2D eigenvalue weighted by atomic mass is 9.88. The van der Waals surface area contributed by atoms with Gasteiger partial charge in [-0.3, -0.25) is 14.4 Å². The molecule has 2 fully saturated rings. The zero-order valence-corrected chi connectivity index (χ0v) is 17.2. The Balaban J connectivity index is 1.42. The maximum atomic E-state index is 13.5. The topological polar surface area (TPSA) is 78.5 Å². The molecule has 31 heavy (non-hydrogen) atoms. The average Bonchev–Trinajstić information content (AvgIpc) is 3.61. The second-order valence-corrected chi connectivity index (χ2v) is 8.24. The van der Waals surface area contributed by atoms with Gasteiger partial charge in [0.1, 0.15) is 11.9 Å². The van der Waals surface area contributed by atoms with Crippen LogP contribution in [0.4, 0.5) is 4.39 Å². The number of benzene rings is 2. The summed E-state index contributed by atoms with van der Waals surface area (Å²) in [4.78, 5) is 40.0. The molecule has 0 radical (unpaired) electrons. The van der Waals surface area contributed by atoms with Gasteiger partial charge in [-0.1, -0.05) is 24.3 Å². The van der Waals surface area contributed by atoms with Crippen molar-refractivity contribution >= 4 is 17.7 Å². The van der Waals surface area contributed by atoms with Crippen molar-refractivity contribution in [3.05, 3.63) is 71.5 Å². The highest BCUT2D eigenvalue weighted by atomic mass is 19.1. The summed E-state index contributed by atoms with van der Waals surface area (Å²) in [6, 6.07) is 14.0. The van der Waals surface area contributed by atoms with Crippen molar-refractivity contribution < 1.29 is 18.8 Å². The van der Waals surface area contributed by atoms with Crippen LogP contribution in [-0.2, 0) is 4.79 Å². The lowest BCUT2D eigenvalue weighted by molar-refractivity contribution is -0.124. The Labute approximate surface area is 180 Å². The van der Waals surface area contributed by atoms with Gasteiger partial charge in [-0.15, -0.1) is 0 Å². The van der Waals surface area contributed by atoms with Crippen LogP contribution in [0.3, 0.4) is 0 Å². The Morgan fingerprint density at radius 2 is 1.58 bits per heavy atom. The van der Waals surface area contributed by atoms with Gasteiger partial charge in [-0.2, -0.15) is 0 Å². The van der Waals surface area contributed by atoms with Gasteiger partial charge in [0.05, 0.1) is 0 Å². The zero-order chi connectivity index (χ0) is 21.8. The fraction of sp³-hybridized carbons (Fsp3) is 0.375. The first-order chi connectivity index (χ1) is 15.0. The molecule has 1 atom stereocenters. The number of hydrogen-bond donors (Lipinski definition) is 2. The summed E-state index contributed by atoms with van der Waals surface area (Å²) in [5, 5.41) is 5.91. The summed E-state index contributed by atoms with van der Waals surface area (Å²) < 4.78 is 13.5. The fourth-order valence-corrected chi connectivity index (χ4v) is 3.97. The number of amides is 3. The molecule has 1 aliphatic heterocycles. The summed E-state index contributed by atoms with van der Waals surface area (Å²) in [6.07, 6.45) is 3.09. The predicted molar refractivity (Wildman–Crippen MR) is 114 cm³/mol. The normalized spacial score (nSPS) is 17.6. The van der Waals surface area contributed by atoms with Gasteiger partial charge in [-0.25, -0.2) is 4.39 Å². The maximum absolute atomic E-state index is 13.5. The standard InChI is InChI=1S/C24H26FN3O3/c25-19-8-4-7-18(15-19)24(31)28-13-11-16(12-14-28)21(23(30)26-20-9-10-20)27-22(29)17-5-2-1-3-6-17/h1-8,15-16,20-21H,9-14H2,(H,26,30)(H,27,29). The van der Waals surface area contributed by atoms with Gasteiger partial charge in [-0.05, 0) is 61.9 Å². The first-order valence-electron chi connectivity index (χ1n) is 10.7.